The second-order valence-electron chi connectivity index (χ2n) is 4.28. The molecular weight excluding hydrogens is 222 g/mol. The van der Waals surface area contributed by atoms with Crippen LogP contribution in [0.4, 0.5) is 0 Å². The molecule has 1 heterocycles. The lowest BCUT2D eigenvalue weighted by Crippen LogP contribution is -2.23. The van der Waals surface area contributed by atoms with Crippen LogP contribution >= 0.6 is 0 Å². The summed E-state index contributed by atoms with van der Waals surface area (Å²) in [5.74, 6) is 0.202. The minimum atomic E-state index is -3.08. The lowest BCUT2D eigenvalue weighted by Gasteiger charge is -2.11. The summed E-state index contributed by atoms with van der Waals surface area (Å²) < 4.78 is 24.0. The van der Waals surface area contributed by atoms with Gasteiger partial charge in [0.15, 0.2) is 9.84 Å². The normalized spacial score (nSPS) is 22.0. The van der Waals surface area contributed by atoms with Gasteiger partial charge in [0.25, 0.3) is 0 Å². The molecule has 0 bridgehead atoms. The summed E-state index contributed by atoms with van der Waals surface area (Å²) in [6.07, 6.45) is 1.01. The van der Waals surface area contributed by atoms with Crippen LogP contribution in [0.1, 0.15) is 30.5 Å². The Morgan fingerprint density at radius 3 is 2.88 bits per heavy atom. The lowest BCUT2D eigenvalue weighted by molar-refractivity contribution is 0.564. The second kappa shape index (κ2) is 4.18. The van der Waals surface area contributed by atoms with Crippen molar-refractivity contribution < 1.29 is 8.42 Å². The van der Waals surface area contributed by atoms with Gasteiger partial charge in [0.1, 0.15) is 0 Å². The zero-order valence-electron chi connectivity index (χ0n) is 9.66. The van der Waals surface area contributed by atoms with Crippen molar-refractivity contribution in [2.24, 2.45) is 0 Å². The molecule has 0 aliphatic carbocycles. The first kappa shape index (κ1) is 11.6. The molecule has 0 saturated carbocycles. The maximum Gasteiger partial charge on any atom is 0.180 e. The first-order chi connectivity index (χ1) is 7.56. The summed E-state index contributed by atoms with van der Waals surface area (Å²) in [5, 5.41) is 3.29. The zero-order chi connectivity index (χ0) is 11.8. The molecule has 4 heteroatoms. The van der Waals surface area contributed by atoms with Gasteiger partial charge in [0.05, 0.1) is 10.6 Å². The third-order valence-electron chi connectivity index (χ3n) is 2.96. The number of benzene rings is 1. The van der Waals surface area contributed by atoms with Gasteiger partial charge in [-0.05, 0) is 31.0 Å². The maximum absolute atomic E-state index is 12.0. The molecule has 1 aromatic carbocycles. The number of sulfone groups is 1. The summed E-state index contributed by atoms with van der Waals surface area (Å²) >= 11 is 0. The predicted molar refractivity (Wildman–Crippen MR) is 64.3 cm³/mol. The van der Waals surface area contributed by atoms with Crippen LogP contribution in [0.2, 0.25) is 0 Å². The third-order valence-corrected chi connectivity index (χ3v) is 4.91. The van der Waals surface area contributed by atoms with E-state index in [0.717, 1.165) is 24.1 Å². The first-order valence-corrected chi connectivity index (χ1v) is 7.27. The number of rotatable bonds is 3. The van der Waals surface area contributed by atoms with E-state index < -0.39 is 9.84 Å². The second-order valence-corrected chi connectivity index (χ2v) is 6.25. The van der Waals surface area contributed by atoms with E-state index in [0.29, 0.717) is 4.90 Å². The highest BCUT2D eigenvalue weighted by Gasteiger charge is 2.35. The molecule has 0 spiro atoms. The van der Waals surface area contributed by atoms with Gasteiger partial charge in [0, 0.05) is 6.04 Å². The Bertz CT molecular complexity index is 494. The van der Waals surface area contributed by atoms with Gasteiger partial charge in [-0.2, -0.15) is 0 Å². The van der Waals surface area contributed by atoms with Crippen molar-refractivity contribution in [3.05, 3.63) is 29.3 Å². The monoisotopic (exact) mass is 239 g/mol. The molecule has 1 aliphatic rings. The van der Waals surface area contributed by atoms with Crippen LogP contribution in [0.15, 0.2) is 23.1 Å². The molecule has 1 aromatic rings. The average Bonchev–Trinajstić information content (AvgIpc) is 2.49. The number of hydrogen-bond acceptors (Lipinski definition) is 3. The number of nitrogens with one attached hydrogen (secondary N) is 1. The van der Waals surface area contributed by atoms with Gasteiger partial charge >= 0.3 is 0 Å². The summed E-state index contributed by atoms with van der Waals surface area (Å²) in [6.45, 7) is 4.79. The van der Waals surface area contributed by atoms with Gasteiger partial charge in [-0.1, -0.05) is 25.1 Å². The molecule has 1 N–H and O–H groups in total. The highest BCUT2D eigenvalue weighted by molar-refractivity contribution is 7.91. The SMILES string of the molecule is CCCNC1CS(=O)(=O)c2c(C)cccc21. The van der Waals surface area contributed by atoms with Crippen molar-refractivity contribution in [2.45, 2.75) is 31.2 Å². The molecule has 1 aliphatic heterocycles. The molecule has 0 fully saturated rings. The molecular formula is C12H17NO2S. The predicted octanol–water partition coefficient (Wildman–Crippen LogP) is 1.82. The van der Waals surface area contributed by atoms with Crippen molar-refractivity contribution >= 4 is 9.84 Å². The van der Waals surface area contributed by atoms with Crippen molar-refractivity contribution in [1.82, 2.24) is 5.32 Å². The van der Waals surface area contributed by atoms with Crippen LogP contribution in [0.25, 0.3) is 0 Å². The van der Waals surface area contributed by atoms with Gasteiger partial charge in [-0.15, -0.1) is 0 Å². The van der Waals surface area contributed by atoms with Gasteiger partial charge < -0.3 is 5.32 Å². The topological polar surface area (TPSA) is 46.2 Å². The van der Waals surface area contributed by atoms with Crippen molar-refractivity contribution in [3.8, 4) is 0 Å². The Morgan fingerprint density at radius 1 is 1.44 bits per heavy atom. The van der Waals surface area contributed by atoms with Crippen molar-refractivity contribution in [1.29, 1.82) is 0 Å². The Balaban J connectivity index is 2.43. The first-order valence-electron chi connectivity index (χ1n) is 5.62. The van der Waals surface area contributed by atoms with Crippen molar-refractivity contribution in [2.75, 3.05) is 12.3 Å². The quantitative estimate of drug-likeness (QED) is 0.875. The molecule has 0 aromatic heterocycles. The molecule has 88 valence electrons. The molecule has 16 heavy (non-hydrogen) atoms. The van der Waals surface area contributed by atoms with E-state index in [1.807, 2.05) is 25.1 Å². The fraction of sp³-hybridized carbons (Fsp3) is 0.500. The highest BCUT2D eigenvalue weighted by Crippen LogP contribution is 2.35. The minimum absolute atomic E-state index is 0.0279. The highest BCUT2D eigenvalue weighted by atomic mass is 32.2. The Labute approximate surface area is 96.8 Å². The van der Waals surface area contributed by atoms with Crippen LogP contribution < -0.4 is 5.32 Å². The zero-order valence-corrected chi connectivity index (χ0v) is 10.5. The molecule has 2 rings (SSSR count). The van der Waals surface area contributed by atoms with E-state index in [9.17, 15) is 8.42 Å². The molecule has 3 nitrogen and oxygen atoms in total. The van der Waals surface area contributed by atoms with Crippen molar-refractivity contribution in [3.63, 3.8) is 0 Å². The molecule has 0 amide bonds. The molecule has 1 atom stereocenters. The van der Waals surface area contributed by atoms with Crippen LogP contribution in [0, 0.1) is 6.92 Å². The summed E-state index contributed by atoms with van der Waals surface area (Å²) in [6, 6.07) is 5.67. The van der Waals surface area contributed by atoms with Crippen LogP contribution in [0.3, 0.4) is 0 Å². The number of fused-ring (bicyclic) bond motifs is 1. The molecule has 0 saturated heterocycles. The smallest absolute Gasteiger partial charge is 0.180 e. The average molecular weight is 239 g/mol. The standard InChI is InChI=1S/C12H17NO2S/c1-3-7-13-11-8-16(14,15)12-9(2)5-4-6-10(11)12/h4-6,11,13H,3,7-8H2,1-2H3. The van der Waals surface area contributed by atoms with E-state index in [1.54, 1.807) is 0 Å². The van der Waals surface area contributed by atoms with Gasteiger partial charge in [-0.3, -0.25) is 0 Å². The van der Waals surface area contributed by atoms with Gasteiger partial charge in [-0.25, -0.2) is 8.42 Å². The van der Waals surface area contributed by atoms with E-state index in [4.69, 9.17) is 0 Å². The fourth-order valence-electron chi connectivity index (χ4n) is 2.25. The largest absolute Gasteiger partial charge is 0.309 e. The fourth-order valence-corrected chi connectivity index (χ4v) is 4.29. The Hall–Kier alpha value is -0.870. The third kappa shape index (κ3) is 1.87. The van der Waals surface area contributed by atoms with Gasteiger partial charge in [0.2, 0.25) is 0 Å². The molecule has 0 radical (unpaired) electrons. The Morgan fingerprint density at radius 2 is 2.19 bits per heavy atom. The number of hydrogen-bond donors (Lipinski definition) is 1. The van der Waals surface area contributed by atoms with E-state index in [2.05, 4.69) is 12.2 Å². The lowest BCUT2D eigenvalue weighted by atomic mass is 10.1. The van der Waals surface area contributed by atoms with Crippen LogP contribution in [0.5, 0.6) is 0 Å². The number of aryl methyl sites for hydroxylation is 1. The van der Waals surface area contributed by atoms with E-state index >= 15 is 0 Å². The van der Waals surface area contributed by atoms with Crippen LogP contribution in [-0.4, -0.2) is 20.7 Å². The molecule has 1 unspecified atom stereocenters. The Kier molecular flexibility index (Phi) is 3.04. The summed E-state index contributed by atoms with van der Waals surface area (Å²) in [7, 11) is -3.08. The van der Waals surface area contributed by atoms with E-state index in [-0.39, 0.29) is 11.8 Å². The van der Waals surface area contributed by atoms with E-state index in [1.165, 1.54) is 0 Å². The maximum atomic E-state index is 12.0. The summed E-state index contributed by atoms with van der Waals surface area (Å²) in [4.78, 5) is 0.545. The van der Waals surface area contributed by atoms with Crippen LogP contribution in [-0.2, 0) is 9.84 Å². The summed E-state index contributed by atoms with van der Waals surface area (Å²) in [5.41, 5.74) is 1.80. The minimum Gasteiger partial charge on any atom is -0.309 e.